The molecule has 0 aromatic heterocycles. The Bertz CT molecular complexity index is 845. The Balaban J connectivity index is 1.91. The Morgan fingerprint density at radius 1 is 1.07 bits per heavy atom. The Labute approximate surface area is 169 Å². The Hall–Kier alpha value is -2.24. The molecule has 144 valence electrons. The highest BCUT2D eigenvalue weighted by molar-refractivity contribution is 6.35. The van der Waals surface area contributed by atoms with Gasteiger partial charge in [-0.15, -0.1) is 0 Å². The molecule has 2 amide bonds. The molecule has 0 aliphatic rings. The molecule has 27 heavy (non-hydrogen) atoms. The third-order valence-electron chi connectivity index (χ3n) is 3.99. The molecule has 0 aliphatic carbocycles. The number of aryl methyl sites for hydroxylation is 3. The highest BCUT2D eigenvalue weighted by Crippen LogP contribution is 2.27. The number of hydrogen-bond donors (Lipinski definition) is 1. The molecule has 7 heteroatoms. The molecule has 2 aromatic rings. The molecule has 0 heterocycles. The van der Waals surface area contributed by atoms with Crippen LogP contribution in [0.5, 0.6) is 5.75 Å². The molecular weight excluding hydrogens is 387 g/mol. The smallest absolute Gasteiger partial charge is 0.260 e. The van der Waals surface area contributed by atoms with Crippen LogP contribution in [0.1, 0.15) is 16.7 Å². The largest absolute Gasteiger partial charge is 0.482 e. The van der Waals surface area contributed by atoms with Crippen LogP contribution in [0.25, 0.3) is 0 Å². The number of nitrogens with zero attached hydrogens (tertiary/aromatic N) is 1. The summed E-state index contributed by atoms with van der Waals surface area (Å²) in [6, 6.07) is 8.75. The first-order valence-electron chi connectivity index (χ1n) is 8.37. The summed E-state index contributed by atoms with van der Waals surface area (Å²) in [5, 5.41) is 3.67. The van der Waals surface area contributed by atoms with E-state index in [1.54, 1.807) is 19.2 Å². The second kappa shape index (κ2) is 9.11. The number of ether oxygens (including phenoxy) is 1. The third kappa shape index (κ3) is 5.88. The van der Waals surface area contributed by atoms with Crippen molar-refractivity contribution in [3.05, 3.63) is 57.1 Å². The first-order valence-corrected chi connectivity index (χ1v) is 9.12. The fourth-order valence-corrected chi connectivity index (χ4v) is 3.16. The third-order valence-corrected chi connectivity index (χ3v) is 4.52. The van der Waals surface area contributed by atoms with Gasteiger partial charge in [-0.3, -0.25) is 9.59 Å². The lowest BCUT2D eigenvalue weighted by Crippen LogP contribution is -2.37. The average Bonchev–Trinajstić information content (AvgIpc) is 2.57. The van der Waals surface area contributed by atoms with Crippen LogP contribution in [0.4, 0.5) is 5.69 Å². The van der Waals surface area contributed by atoms with Crippen molar-refractivity contribution < 1.29 is 14.3 Å². The van der Waals surface area contributed by atoms with E-state index >= 15 is 0 Å². The number of likely N-dealkylation sites (N-methyl/N-ethyl adjacent to an activating group) is 1. The quantitative estimate of drug-likeness (QED) is 0.770. The van der Waals surface area contributed by atoms with Gasteiger partial charge in [-0.25, -0.2) is 0 Å². The van der Waals surface area contributed by atoms with Crippen molar-refractivity contribution in [2.45, 2.75) is 20.8 Å². The van der Waals surface area contributed by atoms with E-state index in [0.717, 1.165) is 22.4 Å². The van der Waals surface area contributed by atoms with E-state index in [4.69, 9.17) is 27.9 Å². The van der Waals surface area contributed by atoms with Crippen LogP contribution in [0.3, 0.4) is 0 Å². The van der Waals surface area contributed by atoms with Crippen molar-refractivity contribution in [2.24, 2.45) is 0 Å². The summed E-state index contributed by atoms with van der Waals surface area (Å²) < 4.78 is 5.41. The zero-order valence-electron chi connectivity index (χ0n) is 15.7. The standard InChI is InChI=1S/C20H22Cl2N2O3/c1-12-7-13(2)20(14(3)8-12)23-18(25)10-24(4)19(26)11-27-17-6-5-15(21)9-16(17)22/h5-9H,10-11H2,1-4H3,(H,23,25). The average molecular weight is 409 g/mol. The van der Waals surface area contributed by atoms with Gasteiger partial charge < -0.3 is 15.0 Å². The molecule has 0 saturated heterocycles. The van der Waals surface area contributed by atoms with Gasteiger partial charge in [0.15, 0.2) is 6.61 Å². The van der Waals surface area contributed by atoms with E-state index in [1.807, 2.05) is 32.9 Å². The maximum absolute atomic E-state index is 12.3. The fourth-order valence-electron chi connectivity index (χ4n) is 2.70. The molecule has 0 spiro atoms. The van der Waals surface area contributed by atoms with Crippen LogP contribution in [0.2, 0.25) is 10.0 Å². The zero-order valence-corrected chi connectivity index (χ0v) is 17.2. The summed E-state index contributed by atoms with van der Waals surface area (Å²) in [6.07, 6.45) is 0. The van der Waals surface area contributed by atoms with E-state index in [9.17, 15) is 9.59 Å². The van der Waals surface area contributed by atoms with Crippen LogP contribution in [-0.2, 0) is 9.59 Å². The van der Waals surface area contributed by atoms with Crippen LogP contribution < -0.4 is 10.1 Å². The van der Waals surface area contributed by atoms with Gasteiger partial charge in [0, 0.05) is 17.8 Å². The minimum absolute atomic E-state index is 0.0801. The van der Waals surface area contributed by atoms with Crippen molar-refractivity contribution in [2.75, 3.05) is 25.5 Å². The number of amides is 2. The van der Waals surface area contributed by atoms with Crippen LogP contribution >= 0.6 is 23.2 Å². The van der Waals surface area contributed by atoms with E-state index in [2.05, 4.69) is 5.32 Å². The minimum atomic E-state index is -0.339. The predicted molar refractivity (Wildman–Crippen MR) is 109 cm³/mol. The van der Waals surface area contributed by atoms with Gasteiger partial charge in [0.2, 0.25) is 5.91 Å². The Kier molecular flexibility index (Phi) is 7.11. The van der Waals surface area contributed by atoms with Crippen molar-refractivity contribution >= 4 is 40.7 Å². The highest BCUT2D eigenvalue weighted by atomic mass is 35.5. The van der Waals surface area contributed by atoms with Gasteiger partial charge in [0.1, 0.15) is 5.75 Å². The number of carbonyl (C=O) groups is 2. The number of carbonyl (C=O) groups excluding carboxylic acids is 2. The number of anilines is 1. The first kappa shape index (κ1) is 21.1. The molecule has 0 atom stereocenters. The second-order valence-corrected chi connectivity index (χ2v) is 7.28. The molecule has 1 N–H and O–H groups in total. The summed E-state index contributed by atoms with van der Waals surface area (Å²) >= 11 is 11.8. The molecule has 0 aliphatic heterocycles. The number of hydrogen-bond acceptors (Lipinski definition) is 3. The Morgan fingerprint density at radius 2 is 1.70 bits per heavy atom. The lowest BCUT2D eigenvalue weighted by atomic mass is 10.1. The normalized spacial score (nSPS) is 10.4. The van der Waals surface area contributed by atoms with Crippen LogP contribution in [0.15, 0.2) is 30.3 Å². The van der Waals surface area contributed by atoms with E-state index < -0.39 is 0 Å². The second-order valence-electron chi connectivity index (χ2n) is 6.44. The van der Waals surface area contributed by atoms with Crippen molar-refractivity contribution in [3.63, 3.8) is 0 Å². The molecule has 0 fully saturated rings. The van der Waals surface area contributed by atoms with Crippen molar-refractivity contribution in [1.29, 1.82) is 0 Å². The first-order chi connectivity index (χ1) is 12.7. The maximum Gasteiger partial charge on any atom is 0.260 e. The SMILES string of the molecule is Cc1cc(C)c(NC(=O)CN(C)C(=O)COc2ccc(Cl)cc2Cl)c(C)c1. The summed E-state index contributed by atoms with van der Waals surface area (Å²) in [5.74, 6) is -0.253. The topological polar surface area (TPSA) is 58.6 Å². The van der Waals surface area contributed by atoms with E-state index in [1.165, 1.54) is 11.0 Å². The lowest BCUT2D eigenvalue weighted by molar-refractivity contribution is -0.135. The lowest BCUT2D eigenvalue weighted by Gasteiger charge is -2.19. The summed E-state index contributed by atoms with van der Waals surface area (Å²) in [4.78, 5) is 25.8. The van der Waals surface area contributed by atoms with Gasteiger partial charge in [-0.2, -0.15) is 0 Å². The summed E-state index contributed by atoms with van der Waals surface area (Å²) in [5.41, 5.74) is 3.87. The van der Waals surface area contributed by atoms with Gasteiger partial charge >= 0.3 is 0 Å². The highest BCUT2D eigenvalue weighted by Gasteiger charge is 2.16. The molecule has 0 bridgehead atoms. The van der Waals surface area contributed by atoms with E-state index in [-0.39, 0.29) is 25.0 Å². The van der Waals surface area contributed by atoms with Crippen molar-refractivity contribution in [3.8, 4) is 5.75 Å². The number of nitrogens with one attached hydrogen (secondary N) is 1. The van der Waals surface area contributed by atoms with Gasteiger partial charge in [-0.1, -0.05) is 40.9 Å². The molecule has 2 rings (SSSR count). The predicted octanol–water partition coefficient (Wildman–Crippen LogP) is 4.39. The molecule has 2 aromatic carbocycles. The van der Waals surface area contributed by atoms with Crippen LogP contribution in [-0.4, -0.2) is 36.9 Å². The molecule has 0 unspecified atom stereocenters. The van der Waals surface area contributed by atoms with Gasteiger partial charge in [-0.05, 0) is 50.1 Å². The zero-order chi connectivity index (χ0) is 20.1. The van der Waals surface area contributed by atoms with E-state index in [0.29, 0.717) is 15.8 Å². The summed E-state index contributed by atoms with van der Waals surface area (Å²) in [7, 11) is 1.55. The molecule has 0 radical (unpaired) electrons. The summed E-state index contributed by atoms with van der Waals surface area (Å²) in [6.45, 7) is 5.57. The number of halogens is 2. The minimum Gasteiger partial charge on any atom is -0.482 e. The van der Waals surface area contributed by atoms with Gasteiger partial charge in [0.25, 0.3) is 5.91 Å². The fraction of sp³-hybridized carbons (Fsp3) is 0.300. The number of rotatable bonds is 6. The van der Waals surface area contributed by atoms with Crippen molar-refractivity contribution in [1.82, 2.24) is 4.90 Å². The number of benzene rings is 2. The van der Waals surface area contributed by atoms with Gasteiger partial charge in [0.05, 0.1) is 11.6 Å². The molecule has 5 nitrogen and oxygen atoms in total. The maximum atomic E-state index is 12.3. The monoisotopic (exact) mass is 408 g/mol. The Morgan fingerprint density at radius 3 is 2.30 bits per heavy atom. The molecule has 0 saturated carbocycles. The molecular formula is C20H22Cl2N2O3. The van der Waals surface area contributed by atoms with Crippen LogP contribution in [0, 0.1) is 20.8 Å².